The van der Waals surface area contributed by atoms with Crippen LogP contribution in [0.2, 0.25) is 0 Å². The molecule has 16 heavy (non-hydrogen) atoms. The number of hydrogen-bond donors (Lipinski definition) is 0. The zero-order valence-electron chi connectivity index (χ0n) is 8.90. The van der Waals surface area contributed by atoms with Gasteiger partial charge in [0, 0.05) is 11.5 Å². The Balaban J connectivity index is 2.15. The highest BCUT2D eigenvalue weighted by atomic mass is 35.5. The lowest BCUT2D eigenvalue weighted by Gasteiger charge is -2.29. The van der Waals surface area contributed by atoms with Crippen molar-refractivity contribution < 1.29 is 4.79 Å². The summed E-state index contributed by atoms with van der Waals surface area (Å²) in [5, 5.41) is -0.309. The van der Waals surface area contributed by atoms with Gasteiger partial charge in [0.25, 0.3) is 0 Å². The molecule has 1 aromatic rings. The molecule has 0 amide bonds. The number of rotatable bonds is 2. The van der Waals surface area contributed by atoms with E-state index in [1.165, 1.54) is 0 Å². The predicted molar refractivity (Wildman–Crippen MR) is 67.4 cm³/mol. The maximum absolute atomic E-state index is 12.2. The van der Waals surface area contributed by atoms with Crippen molar-refractivity contribution in [3.8, 4) is 0 Å². The van der Waals surface area contributed by atoms with Crippen LogP contribution in [0.3, 0.4) is 0 Å². The largest absolute Gasteiger partial charge is 0.294 e. The van der Waals surface area contributed by atoms with Gasteiger partial charge in [0.15, 0.2) is 5.78 Å². The van der Waals surface area contributed by atoms with Gasteiger partial charge in [0.1, 0.15) is 0 Å². The first kappa shape index (κ1) is 11.9. The minimum atomic E-state index is -0.233. The molecule has 86 valence electrons. The Labute approximate surface area is 106 Å². The molecule has 0 saturated heterocycles. The van der Waals surface area contributed by atoms with Crippen molar-refractivity contribution in [1.82, 2.24) is 0 Å². The van der Waals surface area contributed by atoms with E-state index < -0.39 is 0 Å². The summed E-state index contributed by atoms with van der Waals surface area (Å²) in [6.07, 6.45) is 2.75. The summed E-state index contributed by atoms with van der Waals surface area (Å²) in [6.45, 7) is 0. The van der Waals surface area contributed by atoms with E-state index in [4.69, 9.17) is 23.2 Å². The summed E-state index contributed by atoms with van der Waals surface area (Å²) in [4.78, 5) is 12.2. The van der Waals surface area contributed by atoms with Crippen molar-refractivity contribution in [1.29, 1.82) is 0 Å². The van der Waals surface area contributed by atoms with E-state index in [0.717, 1.165) is 24.8 Å². The zero-order chi connectivity index (χ0) is 11.5. The molecule has 0 bridgehead atoms. The second-order valence-corrected chi connectivity index (χ2v) is 5.29. The maximum Gasteiger partial charge on any atom is 0.167 e. The molecule has 2 rings (SSSR count). The van der Waals surface area contributed by atoms with Gasteiger partial charge in [-0.05, 0) is 12.8 Å². The van der Waals surface area contributed by atoms with Gasteiger partial charge in [0.05, 0.1) is 10.8 Å². The van der Waals surface area contributed by atoms with Crippen molar-refractivity contribution in [3.05, 3.63) is 35.9 Å². The first-order chi connectivity index (χ1) is 7.70. The quantitative estimate of drug-likeness (QED) is 0.580. The average molecular weight is 257 g/mol. The normalized spacial score (nSPS) is 30.0. The number of carbonyl (C=O) groups is 1. The number of halogens is 2. The fourth-order valence-electron chi connectivity index (χ4n) is 2.20. The lowest BCUT2D eigenvalue weighted by atomic mass is 9.83. The molecule has 0 aliphatic heterocycles. The number of benzene rings is 1. The van der Waals surface area contributed by atoms with Crippen molar-refractivity contribution in [2.24, 2.45) is 5.92 Å². The number of Topliss-reactive ketones (excluding diaryl/α,β-unsaturated/α-hetero) is 1. The Morgan fingerprint density at radius 1 is 1.12 bits per heavy atom. The minimum Gasteiger partial charge on any atom is -0.294 e. The van der Waals surface area contributed by atoms with Crippen LogP contribution in [0.15, 0.2) is 30.3 Å². The number of hydrogen-bond acceptors (Lipinski definition) is 1. The lowest BCUT2D eigenvalue weighted by Crippen LogP contribution is -2.35. The molecular formula is C13H14Cl2O. The van der Waals surface area contributed by atoms with Crippen LogP contribution in [0, 0.1) is 5.92 Å². The molecule has 1 saturated carbocycles. The summed E-state index contributed by atoms with van der Waals surface area (Å²) in [7, 11) is 0. The van der Waals surface area contributed by atoms with E-state index in [0.29, 0.717) is 0 Å². The van der Waals surface area contributed by atoms with E-state index in [-0.39, 0.29) is 22.5 Å². The van der Waals surface area contributed by atoms with Crippen molar-refractivity contribution in [3.63, 3.8) is 0 Å². The average Bonchev–Trinajstić information content (AvgIpc) is 2.33. The van der Waals surface area contributed by atoms with Gasteiger partial charge in [-0.15, -0.1) is 23.2 Å². The van der Waals surface area contributed by atoms with Crippen molar-refractivity contribution >= 4 is 29.0 Å². The van der Waals surface area contributed by atoms with E-state index in [1.54, 1.807) is 0 Å². The van der Waals surface area contributed by atoms with E-state index >= 15 is 0 Å². The summed E-state index contributed by atoms with van der Waals surface area (Å²) < 4.78 is 0. The Morgan fingerprint density at radius 2 is 1.81 bits per heavy atom. The molecule has 3 heteroatoms. The van der Waals surface area contributed by atoms with Gasteiger partial charge in [-0.3, -0.25) is 4.79 Å². The maximum atomic E-state index is 12.2. The molecule has 1 aromatic carbocycles. The van der Waals surface area contributed by atoms with Crippen LogP contribution >= 0.6 is 23.2 Å². The molecule has 1 fully saturated rings. The molecule has 0 radical (unpaired) electrons. The second-order valence-electron chi connectivity index (χ2n) is 4.23. The monoisotopic (exact) mass is 256 g/mol. The first-order valence-electron chi connectivity index (χ1n) is 5.57. The second kappa shape index (κ2) is 5.20. The SMILES string of the molecule is O=C(c1ccccc1)C1CCCC(Cl)C1Cl. The van der Waals surface area contributed by atoms with Crippen LogP contribution in [-0.4, -0.2) is 16.5 Å². The lowest BCUT2D eigenvalue weighted by molar-refractivity contribution is 0.0894. The molecule has 1 nitrogen and oxygen atoms in total. The Bertz CT molecular complexity index is 363. The summed E-state index contributed by atoms with van der Waals surface area (Å²) >= 11 is 12.3. The standard InChI is InChI=1S/C13H14Cl2O/c14-11-8-4-7-10(12(11)15)13(16)9-5-2-1-3-6-9/h1-3,5-6,10-12H,4,7-8H2. The molecule has 1 aliphatic rings. The van der Waals surface area contributed by atoms with Crippen LogP contribution in [0.5, 0.6) is 0 Å². The molecule has 1 aliphatic carbocycles. The van der Waals surface area contributed by atoms with Gasteiger partial charge in [-0.1, -0.05) is 36.8 Å². The van der Waals surface area contributed by atoms with E-state index in [1.807, 2.05) is 30.3 Å². The van der Waals surface area contributed by atoms with Gasteiger partial charge in [-0.2, -0.15) is 0 Å². The predicted octanol–water partition coefficient (Wildman–Crippen LogP) is 3.88. The fraction of sp³-hybridized carbons (Fsp3) is 0.462. The van der Waals surface area contributed by atoms with Gasteiger partial charge >= 0.3 is 0 Å². The third kappa shape index (κ3) is 2.41. The molecule has 0 N–H and O–H groups in total. The first-order valence-corrected chi connectivity index (χ1v) is 6.45. The van der Waals surface area contributed by atoms with Crippen molar-refractivity contribution in [2.45, 2.75) is 30.0 Å². The highest BCUT2D eigenvalue weighted by molar-refractivity contribution is 6.31. The van der Waals surface area contributed by atoms with Crippen LogP contribution in [-0.2, 0) is 0 Å². The highest BCUT2D eigenvalue weighted by Crippen LogP contribution is 2.34. The third-order valence-corrected chi connectivity index (χ3v) is 4.35. The van der Waals surface area contributed by atoms with Crippen LogP contribution in [0.4, 0.5) is 0 Å². The van der Waals surface area contributed by atoms with Crippen molar-refractivity contribution in [2.75, 3.05) is 0 Å². The van der Waals surface area contributed by atoms with Crippen LogP contribution in [0.1, 0.15) is 29.6 Å². The summed E-state index contributed by atoms with van der Waals surface area (Å²) in [6, 6.07) is 9.32. The minimum absolute atomic E-state index is 0.0759. The smallest absolute Gasteiger partial charge is 0.167 e. The Kier molecular flexibility index (Phi) is 3.88. The van der Waals surface area contributed by atoms with E-state index in [9.17, 15) is 4.79 Å². The molecule has 0 heterocycles. The van der Waals surface area contributed by atoms with Crippen LogP contribution < -0.4 is 0 Å². The molecule has 0 spiro atoms. The molecule has 0 aromatic heterocycles. The third-order valence-electron chi connectivity index (χ3n) is 3.12. The molecule has 3 unspecified atom stereocenters. The molecular weight excluding hydrogens is 243 g/mol. The number of ketones is 1. The van der Waals surface area contributed by atoms with E-state index in [2.05, 4.69) is 0 Å². The summed E-state index contributed by atoms with van der Waals surface area (Å²) in [5.41, 5.74) is 0.740. The van der Waals surface area contributed by atoms with Gasteiger partial charge < -0.3 is 0 Å². The topological polar surface area (TPSA) is 17.1 Å². The number of carbonyl (C=O) groups excluding carboxylic acids is 1. The number of alkyl halides is 2. The Morgan fingerprint density at radius 3 is 2.50 bits per heavy atom. The van der Waals surface area contributed by atoms with Crippen LogP contribution in [0.25, 0.3) is 0 Å². The highest BCUT2D eigenvalue weighted by Gasteiger charge is 2.35. The summed E-state index contributed by atoms with van der Waals surface area (Å²) in [5.74, 6) is 0.00580. The van der Waals surface area contributed by atoms with Gasteiger partial charge in [-0.25, -0.2) is 0 Å². The zero-order valence-corrected chi connectivity index (χ0v) is 10.4. The fourth-order valence-corrected chi connectivity index (χ4v) is 2.89. The van der Waals surface area contributed by atoms with Gasteiger partial charge in [0.2, 0.25) is 0 Å². The molecule has 3 atom stereocenters. The Hall–Kier alpha value is -0.530.